The SMILES string of the molecule is CCCCCCCCCCCCCCCCCCCCCCCCCCCCCCCCC(O)C(COC1OC(CO)C(OC2OC(CO)C(OC3OC(CO)C(O)C(O)C3O)C(O)C2O)C(O)C1O)NC(=O)CCCCCCCCCCCCCCCCCCCCCCCCC. The molecule has 3 heterocycles. The number of amides is 1. The molecular formula is C79H153NO18. The standard InChI is InChI=1S/C79H153NO18/c1-3-5-7-9-11-13-15-17-19-21-23-25-27-28-29-30-31-32-33-35-36-38-40-42-44-46-48-50-52-54-56-63(84)62(80-67(85)57-55-53-51-49-47-45-43-41-39-37-34-26-24-22-20-18-16-14-12-10-8-6-4-2)61-93-77-73(91)70(88)75(65(59-82)95-77)98-79-74(92)71(89)76(66(60-83)96-79)97-78-72(90)69(87)68(86)64(58-81)94-78/h62-66,68-79,81-84,86-92H,3-61H2,1-2H3,(H,80,85). The molecule has 3 saturated heterocycles. The van der Waals surface area contributed by atoms with Gasteiger partial charge in [-0.25, -0.2) is 0 Å². The lowest BCUT2D eigenvalue weighted by molar-refractivity contribution is -0.379. The van der Waals surface area contributed by atoms with E-state index in [9.17, 15) is 61.0 Å². The van der Waals surface area contributed by atoms with Crippen molar-refractivity contribution in [1.82, 2.24) is 5.32 Å². The van der Waals surface area contributed by atoms with Gasteiger partial charge in [-0.05, 0) is 12.8 Å². The lowest BCUT2D eigenvalue weighted by Gasteiger charge is -2.48. The van der Waals surface area contributed by atoms with Gasteiger partial charge < -0.3 is 89.9 Å². The van der Waals surface area contributed by atoms with Gasteiger partial charge in [0, 0.05) is 6.42 Å². The zero-order valence-corrected chi connectivity index (χ0v) is 62.3. The molecule has 3 rings (SSSR count). The van der Waals surface area contributed by atoms with E-state index in [1.165, 1.54) is 289 Å². The molecule has 3 aliphatic heterocycles. The minimum atomic E-state index is -1.97. The van der Waals surface area contributed by atoms with Gasteiger partial charge in [0.2, 0.25) is 5.91 Å². The summed E-state index contributed by atoms with van der Waals surface area (Å²) in [6.07, 6.45) is 43.4. The van der Waals surface area contributed by atoms with Gasteiger partial charge in [0.25, 0.3) is 0 Å². The summed E-state index contributed by atoms with van der Waals surface area (Å²) < 4.78 is 34.5. The third-order valence-corrected chi connectivity index (χ3v) is 21.2. The predicted molar refractivity (Wildman–Crippen MR) is 388 cm³/mol. The first-order valence-corrected chi connectivity index (χ1v) is 41.3. The van der Waals surface area contributed by atoms with Gasteiger partial charge in [-0.15, -0.1) is 0 Å². The molecule has 3 aliphatic rings. The van der Waals surface area contributed by atoms with Crippen LogP contribution in [-0.4, -0.2) is 193 Å². The van der Waals surface area contributed by atoms with E-state index in [2.05, 4.69) is 19.2 Å². The van der Waals surface area contributed by atoms with Gasteiger partial charge in [0.15, 0.2) is 18.9 Å². The van der Waals surface area contributed by atoms with Gasteiger partial charge in [0.05, 0.1) is 38.6 Å². The molecule has 17 unspecified atom stereocenters. The number of aliphatic hydroxyl groups excluding tert-OH is 11. The van der Waals surface area contributed by atoms with E-state index in [0.717, 1.165) is 44.9 Å². The van der Waals surface area contributed by atoms with Gasteiger partial charge in [-0.1, -0.05) is 348 Å². The predicted octanol–water partition coefficient (Wildman–Crippen LogP) is 13.8. The van der Waals surface area contributed by atoms with Crippen LogP contribution in [0.25, 0.3) is 0 Å². The molecular weight excluding hydrogens is 1250 g/mol. The van der Waals surface area contributed by atoms with Gasteiger partial charge in [-0.3, -0.25) is 4.79 Å². The van der Waals surface area contributed by atoms with Crippen molar-refractivity contribution in [1.29, 1.82) is 0 Å². The van der Waals surface area contributed by atoms with Gasteiger partial charge in [-0.2, -0.15) is 0 Å². The van der Waals surface area contributed by atoms with Crippen LogP contribution in [0, 0.1) is 0 Å². The summed E-state index contributed by atoms with van der Waals surface area (Å²) in [7, 11) is 0. The van der Waals surface area contributed by atoms with Crippen molar-refractivity contribution < 1.29 is 89.4 Å². The van der Waals surface area contributed by atoms with Crippen molar-refractivity contribution in [2.24, 2.45) is 0 Å². The Balaban J connectivity index is 1.35. The molecule has 0 aromatic heterocycles. The minimum Gasteiger partial charge on any atom is -0.394 e. The molecule has 12 N–H and O–H groups in total. The quantitative estimate of drug-likeness (QED) is 0.0252. The molecule has 19 nitrogen and oxygen atoms in total. The highest BCUT2D eigenvalue weighted by molar-refractivity contribution is 5.76. The van der Waals surface area contributed by atoms with Gasteiger partial charge >= 0.3 is 0 Å². The number of unbranched alkanes of at least 4 members (excludes halogenated alkanes) is 51. The molecule has 0 aromatic rings. The Bertz CT molecular complexity index is 1770. The number of aliphatic hydroxyl groups is 11. The number of hydrogen-bond acceptors (Lipinski definition) is 18. The fourth-order valence-electron chi connectivity index (χ4n) is 14.6. The first-order valence-electron chi connectivity index (χ1n) is 41.3. The smallest absolute Gasteiger partial charge is 0.220 e. The third-order valence-electron chi connectivity index (χ3n) is 21.2. The fourth-order valence-corrected chi connectivity index (χ4v) is 14.6. The lowest BCUT2D eigenvalue weighted by Crippen LogP contribution is -2.66. The zero-order chi connectivity index (χ0) is 71.1. The number of ether oxygens (including phenoxy) is 6. The molecule has 98 heavy (non-hydrogen) atoms. The molecule has 0 aromatic carbocycles. The van der Waals surface area contributed by atoms with E-state index < -0.39 is 124 Å². The third kappa shape index (κ3) is 40.9. The summed E-state index contributed by atoms with van der Waals surface area (Å²) in [5.74, 6) is -0.232. The second kappa shape index (κ2) is 61.0. The van der Waals surface area contributed by atoms with Crippen molar-refractivity contribution in [3.05, 3.63) is 0 Å². The fraction of sp³-hybridized carbons (Fsp3) is 0.987. The normalized spacial score (nSPS) is 26.6. The Labute approximate surface area is 595 Å². The summed E-state index contributed by atoms with van der Waals surface area (Å²) in [6, 6.07) is -0.883. The molecule has 0 saturated carbocycles. The second-order valence-electron chi connectivity index (χ2n) is 30.0. The van der Waals surface area contributed by atoms with Crippen molar-refractivity contribution in [2.75, 3.05) is 26.4 Å². The van der Waals surface area contributed by atoms with Crippen LogP contribution in [0.3, 0.4) is 0 Å². The molecule has 0 radical (unpaired) electrons. The first-order chi connectivity index (χ1) is 47.8. The second-order valence-corrected chi connectivity index (χ2v) is 30.0. The molecule has 1 amide bonds. The van der Waals surface area contributed by atoms with E-state index in [1.54, 1.807) is 0 Å². The summed E-state index contributed by atoms with van der Waals surface area (Å²) in [6.45, 7) is 1.88. The van der Waals surface area contributed by atoms with Crippen LogP contribution in [0.1, 0.15) is 367 Å². The maximum Gasteiger partial charge on any atom is 0.220 e. The van der Waals surface area contributed by atoms with Crippen molar-refractivity contribution in [3.63, 3.8) is 0 Å². The maximum absolute atomic E-state index is 13.5. The van der Waals surface area contributed by atoms with E-state index in [-0.39, 0.29) is 18.9 Å². The van der Waals surface area contributed by atoms with E-state index in [0.29, 0.717) is 12.8 Å². The van der Waals surface area contributed by atoms with E-state index in [1.807, 2.05) is 0 Å². The summed E-state index contributed by atoms with van der Waals surface area (Å²) in [5.41, 5.74) is 0. The molecule has 0 bridgehead atoms. The highest BCUT2D eigenvalue weighted by Gasteiger charge is 2.54. The average molecular weight is 1410 g/mol. The number of nitrogens with one attached hydrogen (secondary N) is 1. The Morgan fingerprint density at radius 3 is 0.888 bits per heavy atom. The molecule has 0 spiro atoms. The number of hydrogen-bond donors (Lipinski definition) is 12. The lowest BCUT2D eigenvalue weighted by atomic mass is 9.96. The minimum absolute atomic E-state index is 0.232. The van der Waals surface area contributed by atoms with E-state index in [4.69, 9.17) is 28.4 Å². The van der Waals surface area contributed by atoms with Crippen LogP contribution < -0.4 is 5.32 Å². The molecule has 19 heteroatoms. The topological polar surface area (TPSA) is 307 Å². The Morgan fingerprint density at radius 1 is 0.327 bits per heavy atom. The monoisotopic (exact) mass is 1400 g/mol. The highest BCUT2D eigenvalue weighted by atomic mass is 16.8. The van der Waals surface area contributed by atoms with Crippen LogP contribution in [0.5, 0.6) is 0 Å². The number of carbonyl (C=O) groups is 1. The largest absolute Gasteiger partial charge is 0.394 e. The average Bonchev–Trinajstić information content (AvgIpc) is 0.785. The molecule has 17 atom stereocenters. The first kappa shape index (κ1) is 91.0. The molecule has 0 aliphatic carbocycles. The van der Waals surface area contributed by atoms with Crippen molar-refractivity contribution in [3.8, 4) is 0 Å². The van der Waals surface area contributed by atoms with Crippen molar-refractivity contribution >= 4 is 5.91 Å². The van der Waals surface area contributed by atoms with Crippen LogP contribution in [-0.2, 0) is 33.2 Å². The van der Waals surface area contributed by atoms with Crippen LogP contribution in [0.2, 0.25) is 0 Å². The summed E-state index contributed by atoms with van der Waals surface area (Å²) >= 11 is 0. The van der Waals surface area contributed by atoms with Crippen molar-refractivity contribution in [2.45, 2.75) is 471 Å². The van der Waals surface area contributed by atoms with Gasteiger partial charge in [0.1, 0.15) is 73.2 Å². The van der Waals surface area contributed by atoms with Crippen LogP contribution >= 0.6 is 0 Å². The van der Waals surface area contributed by atoms with Crippen LogP contribution in [0.4, 0.5) is 0 Å². The Morgan fingerprint density at radius 2 is 0.582 bits per heavy atom. The molecule has 3 fully saturated rings. The maximum atomic E-state index is 13.5. The highest BCUT2D eigenvalue weighted by Crippen LogP contribution is 2.33. The number of carbonyl (C=O) groups excluding carboxylic acids is 1. The zero-order valence-electron chi connectivity index (χ0n) is 62.3. The summed E-state index contributed by atoms with van der Waals surface area (Å²) in [4.78, 5) is 13.5. The Hall–Kier alpha value is -1.21. The van der Waals surface area contributed by atoms with Crippen LogP contribution in [0.15, 0.2) is 0 Å². The van der Waals surface area contributed by atoms with E-state index >= 15 is 0 Å². The Kier molecular flexibility index (Phi) is 56.6. The summed E-state index contributed by atoms with van der Waals surface area (Å²) in [5, 5.41) is 121. The molecule has 582 valence electrons. The number of rotatable bonds is 67.